The van der Waals surface area contributed by atoms with Crippen molar-refractivity contribution < 1.29 is 9.59 Å². The van der Waals surface area contributed by atoms with E-state index in [2.05, 4.69) is 0 Å². The summed E-state index contributed by atoms with van der Waals surface area (Å²) < 4.78 is 0. The van der Waals surface area contributed by atoms with Crippen LogP contribution in [0.1, 0.15) is 31.7 Å². The minimum absolute atomic E-state index is 0.0823. The molecule has 112 valence electrons. The summed E-state index contributed by atoms with van der Waals surface area (Å²) >= 11 is 6.01. The second-order valence-electron chi connectivity index (χ2n) is 5.71. The van der Waals surface area contributed by atoms with Crippen molar-refractivity contribution >= 4 is 23.4 Å². The third-order valence-corrected chi connectivity index (χ3v) is 4.63. The van der Waals surface area contributed by atoms with Gasteiger partial charge in [0.1, 0.15) is 12.1 Å². The lowest BCUT2D eigenvalue weighted by Gasteiger charge is -2.42. The molecule has 1 aromatic carbocycles. The highest BCUT2D eigenvalue weighted by Crippen LogP contribution is 2.29. The van der Waals surface area contributed by atoms with Crippen molar-refractivity contribution in [1.29, 1.82) is 0 Å². The molecule has 0 radical (unpaired) electrons. The summed E-state index contributed by atoms with van der Waals surface area (Å²) in [6.07, 6.45) is 2.35. The molecule has 2 fully saturated rings. The fourth-order valence-corrected chi connectivity index (χ4v) is 3.58. The first-order chi connectivity index (χ1) is 10.1. The van der Waals surface area contributed by atoms with Gasteiger partial charge < -0.3 is 9.80 Å². The van der Waals surface area contributed by atoms with Gasteiger partial charge in [0, 0.05) is 18.1 Å². The predicted molar refractivity (Wildman–Crippen MR) is 80.8 cm³/mol. The first kappa shape index (κ1) is 14.4. The Balaban J connectivity index is 1.87. The largest absolute Gasteiger partial charge is 0.329 e. The average molecular weight is 307 g/mol. The van der Waals surface area contributed by atoms with Crippen LogP contribution < -0.4 is 0 Å². The van der Waals surface area contributed by atoms with Gasteiger partial charge in [-0.2, -0.15) is 0 Å². The molecule has 2 heterocycles. The zero-order chi connectivity index (χ0) is 15.0. The number of halogens is 1. The lowest BCUT2D eigenvalue weighted by atomic mass is 10.0. The molecule has 0 aromatic heterocycles. The summed E-state index contributed by atoms with van der Waals surface area (Å²) in [5.74, 6) is 0.181. The first-order valence-electron chi connectivity index (χ1n) is 7.47. The van der Waals surface area contributed by atoms with Gasteiger partial charge in [0.05, 0.1) is 0 Å². The molecule has 2 unspecified atom stereocenters. The number of hydrogen-bond acceptors (Lipinski definition) is 2. The summed E-state index contributed by atoms with van der Waals surface area (Å²) in [6.45, 7) is 3.13. The Labute approximate surface area is 129 Å². The number of amides is 2. The lowest BCUT2D eigenvalue weighted by Crippen LogP contribution is -2.62. The third-order valence-electron chi connectivity index (χ3n) is 4.39. The standard InChI is InChI=1S/C16H19ClN2O2/c1-2-13-15(20)18-8-4-7-14(18)16(21)19(13)10-11-5-3-6-12(17)9-11/h3,5-6,9,13-14H,2,4,7-8,10H2,1H3. The minimum Gasteiger partial charge on any atom is -0.329 e. The van der Waals surface area contributed by atoms with Crippen LogP contribution in [0.4, 0.5) is 0 Å². The Morgan fingerprint density at radius 3 is 2.81 bits per heavy atom. The van der Waals surface area contributed by atoms with E-state index in [1.165, 1.54) is 0 Å². The van der Waals surface area contributed by atoms with Crippen LogP contribution in [0.15, 0.2) is 24.3 Å². The van der Waals surface area contributed by atoms with Crippen molar-refractivity contribution in [3.63, 3.8) is 0 Å². The molecular weight excluding hydrogens is 288 g/mol. The summed E-state index contributed by atoms with van der Waals surface area (Å²) in [4.78, 5) is 28.8. The highest BCUT2D eigenvalue weighted by molar-refractivity contribution is 6.30. The number of carbonyl (C=O) groups excluding carboxylic acids is 2. The van der Waals surface area contributed by atoms with Crippen LogP contribution in [0, 0.1) is 0 Å². The van der Waals surface area contributed by atoms with E-state index >= 15 is 0 Å². The van der Waals surface area contributed by atoms with Crippen molar-refractivity contribution in [1.82, 2.24) is 9.80 Å². The maximum atomic E-state index is 12.7. The molecule has 0 bridgehead atoms. The lowest BCUT2D eigenvalue weighted by molar-refractivity contribution is -0.160. The number of benzene rings is 1. The predicted octanol–water partition coefficient (Wildman–Crippen LogP) is 2.45. The molecule has 4 nitrogen and oxygen atoms in total. The second kappa shape index (κ2) is 5.68. The Morgan fingerprint density at radius 1 is 1.29 bits per heavy atom. The highest BCUT2D eigenvalue weighted by Gasteiger charge is 2.46. The van der Waals surface area contributed by atoms with E-state index in [4.69, 9.17) is 11.6 Å². The molecule has 2 amide bonds. The molecule has 2 saturated heterocycles. The smallest absolute Gasteiger partial charge is 0.246 e. The fourth-order valence-electron chi connectivity index (χ4n) is 3.37. The first-order valence-corrected chi connectivity index (χ1v) is 7.85. The molecular formula is C16H19ClN2O2. The van der Waals surface area contributed by atoms with E-state index in [1.807, 2.05) is 31.2 Å². The zero-order valence-electron chi connectivity index (χ0n) is 12.1. The van der Waals surface area contributed by atoms with Gasteiger partial charge in [-0.05, 0) is 37.0 Å². The van der Waals surface area contributed by atoms with Gasteiger partial charge >= 0.3 is 0 Å². The number of fused-ring (bicyclic) bond motifs is 1. The van der Waals surface area contributed by atoms with Crippen LogP contribution in [-0.4, -0.2) is 40.2 Å². The summed E-state index contributed by atoms with van der Waals surface area (Å²) in [7, 11) is 0. The maximum absolute atomic E-state index is 12.7. The van der Waals surface area contributed by atoms with Gasteiger partial charge in [-0.3, -0.25) is 9.59 Å². The van der Waals surface area contributed by atoms with E-state index in [0.29, 0.717) is 18.0 Å². The van der Waals surface area contributed by atoms with Crippen molar-refractivity contribution in [2.75, 3.05) is 6.54 Å². The molecule has 21 heavy (non-hydrogen) atoms. The Hall–Kier alpha value is -1.55. The minimum atomic E-state index is -0.342. The van der Waals surface area contributed by atoms with Gasteiger partial charge in [-0.25, -0.2) is 0 Å². The van der Waals surface area contributed by atoms with Crippen LogP contribution in [0.25, 0.3) is 0 Å². The zero-order valence-corrected chi connectivity index (χ0v) is 12.8. The Morgan fingerprint density at radius 2 is 2.10 bits per heavy atom. The SMILES string of the molecule is CCC1C(=O)N2CCCC2C(=O)N1Cc1cccc(Cl)c1. The fraction of sp³-hybridized carbons (Fsp3) is 0.500. The van der Waals surface area contributed by atoms with Crippen LogP contribution >= 0.6 is 11.6 Å². The average Bonchev–Trinajstić information content (AvgIpc) is 2.95. The molecule has 5 heteroatoms. The molecule has 3 rings (SSSR count). The van der Waals surface area contributed by atoms with Gasteiger partial charge in [0.25, 0.3) is 0 Å². The molecule has 2 atom stereocenters. The maximum Gasteiger partial charge on any atom is 0.246 e. The number of nitrogens with zero attached hydrogens (tertiary/aromatic N) is 2. The highest BCUT2D eigenvalue weighted by atomic mass is 35.5. The molecule has 0 saturated carbocycles. The number of carbonyl (C=O) groups is 2. The van der Waals surface area contributed by atoms with Crippen LogP contribution in [0.2, 0.25) is 5.02 Å². The molecule has 0 aliphatic carbocycles. The molecule has 1 aromatic rings. The van der Waals surface area contributed by atoms with Gasteiger partial charge in [-0.15, -0.1) is 0 Å². The monoisotopic (exact) mass is 306 g/mol. The summed E-state index contributed by atoms with van der Waals surface area (Å²) in [6, 6.07) is 6.89. The number of piperazine rings is 1. The van der Waals surface area contributed by atoms with Crippen molar-refractivity contribution in [2.45, 2.75) is 44.8 Å². The van der Waals surface area contributed by atoms with Crippen molar-refractivity contribution in [3.8, 4) is 0 Å². The normalized spacial score (nSPS) is 25.4. The van der Waals surface area contributed by atoms with Gasteiger partial charge in [-0.1, -0.05) is 30.7 Å². The second-order valence-corrected chi connectivity index (χ2v) is 6.15. The quantitative estimate of drug-likeness (QED) is 0.860. The number of hydrogen-bond donors (Lipinski definition) is 0. The van der Waals surface area contributed by atoms with Gasteiger partial charge in [0.2, 0.25) is 11.8 Å². The summed E-state index contributed by atoms with van der Waals surface area (Å²) in [5.41, 5.74) is 0.966. The van der Waals surface area contributed by atoms with Crippen molar-refractivity contribution in [3.05, 3.63) is 34.9 Å². The van der Waals surface area contributed by atoms with E-state index < -0.39 is 0 Å². The van der Waals surface area contributed by atoms with Crippen LogP contribution in [0.3, 0.4) is 0 Å². The van der Waals surface area contributed by atoms with Crippen molar-refractivity contribution in [2.24, 2.45) is 0 Å². The Kier molecular flexibility index (Phi) is 3.89. The van der Waals surface area contributed by atoms with E-state index in [-0.39, 0.29) is 23.9 Å². The summed E-state index contributed by atoms with van der Waals surface area (Å²) in [5, 5.41) is 0.652. The number of rotatable bonds is 3. The molecule has 0 N–H and O–H groups in total. The van der Waals surface area contributed by atoms with Gasteiger partial charge in [0.15, 0.2) is 0 Å². The molecule has 2 aliphatic rings. The van der Waals surface area contributed by atoms with E-state index in [9.17, 15) is 9.59 Å². The molecule has 2 aliphatic heterocycles. The topological polar surface area (TPSA) is 40.6 Å². The molecule has 0 spiro atoms. The Bertz CT molecular complexity index is 575. The third kappa shape index (κ3) is 2.53. The van der Waals surface area contributed by atoms with Crippen LogP contribution in [-0.2, 0) is 16.1 Å². The van der Waals surface area contributed by atoms with E-state index in [1.54, 1.807) is 9.80 Å². The van der Waals surface area contributed by atoms with E-state index in [0.717, 1.165) is 24.9 Å². The van der Waals surface area contributed by atoms with Crippen LogP contribution in [0.5, 0.6) is 0 Å².